The summed E-state index contributed by atoms with van der Waals surface area (Å²) in [5.74, 6) is 0.258. The first-order valence-electron chi connectivity index (χ1n) is 6.39. The average molecular weight is 313 g/mol. The fourth-order valence-electron chi connectivity index (χ4n) is 1.81. The quantitative estimate of drug-likeness (QED) is 0.572. The summed E-state index contributed by atoms with van der Waals surface area (Å²) in [7, 11) is 1.00. The lowest BCUT2D eigenvalue weighted by Gasteiger charge is -2.35. The third-order valence-electron chi connectivity index (χ3n) is 3.12. The van der Waals surface area contributed by atoms with Crippen LogP contribution in [-0.2, 0) is 4.74 Å². The van der Waals surface area contributed by atoms with E-state index < -0.39 is 18.5 Å². The highest BCUT2D eigenvalue weighted by atomic mass is 32.1. The van der Waals surface area contributed by atoms with Crippen LogP contribution < -0.4 is 4.74 Å². The highest BCUT2D eigenvalue weighted by Crippen LogP contribution is 2.25. The number of benzene rings is 1. The van der Waals surface area contributed by atoms with Gasteiger partial charge in [0.25, 0.3) is 0 Å². The summed E-state index contributed by atoms with van der Waals surface area (Å²) in [5, 5.41) is 28.8. The van der Waals surface area contributed by atoms with Crippen molar-refractivity contribution in [3.05, 3.63) is 24.3 Å². The Kier molecular flexibility index (Phi) is 7.45. The molecule has 1 saturated heterocycles. The van der Waals surface area contributed by atoms with Crippen LogP contribution in [0.4, 0.5) is 5.69 Å². The van der Waals surface area contributed by atoms with Gasteiger partial charge in [-0.25, -0.2) is 0 Å². The maximum Gasteiger partial charge on any atom is 0.226 e. The summed E-state index contributed by atoms with van der Waals surface area (Å²) in [6.07, 6.45) is -2.32. The number of aliphatic hydroxyl groups is 3. The third kappa shape index (κ3) is 4.86. The van der Waals surface area contributed by atoms with Gasteiger partial charge in [-0.1, -0.05) is 6.92 Å². The molecule has 0 bridgehead atoms. The van der Waals surface area contributed by atoms with Crippen LogP contribution >= 0.6 is 12.2 Å². The maximum atomic E-state index is 9.96. The van der Waals surface area contributed by atoms with E-state index in [1.54, 1.807) is 31.2 Å². The van der Waals surface area contributed by atoms with Crippen molar-refractivity contribution in [1.29, 1.82) is 0 Å². The number of aliphatic hydroxyl groups excluding tert-OH is 3. The molecule has 3 N–H and O–H groups in total. The van der Waals surface area contributed by atoms with E-state index >= 15 is 0 Å². The molecule has 116 valence electrons. The second-order valence-electron chi connectivity index (χ2n) is 4.43. The van der Waals surface area contributed by atoms with Crippen LogP contribution in [0.1, 0.15) is 6.92 Å². The van der Waals surface area contributed by atoms with Gasteiger partial charge in [0.15, 0.2) is 0 Å². The molecule has 1 heterocycles. The fourth-order valence-corrected chi connectivity index (χ4v) is 1.91. The van der Waals surface area contributed by atoms with Crippen molar-refractivity contribution < 1.29 is 24.8 Å². The van der Waals surface area contributed by atoms with E-state index in [-0.39, 0.29) is 12.5 Å². The minimum atomic E-state index is -0.873. The van der Waals surface area contributed by atoms with E-state index in [9.17, 15) is 10.2 Å². The van der Waals surface area contributed by atoms with Crippen LogP contribution in [0.5, 0.6) is 5.75 Å². The van der Waals surface area contributed by atoms with Gasteiger partial charge in [-0.3, -0.25) is 0 Å². The molecule has 0 saturated carbocycles. The summed E-state index contributed by atoms with van der Waals surface area (Å²) in [6, 6.07) is 6.86. The second kappa shape index (κ2) is 8.84. The zero-order valence-electron chi connectivity index (χ0n) is 11.8. The van der Waals surface area contributed by atoms with Crippen LogP contribution in [0.2, 0.25) is 0 Å². The molecule has 1 aromatic carbocycles. The summed E-state index contributed by atoms with van der Waals surface area (Å²) >= 11 is 4.51. The van der Waals surface area contributed by atoms with E-state index in [0.717, 1.165) is 7.11 Å². The Morgan fingerprint density at radius 2 is 1.90 bits per heavy atom. The number of aliphatic imine (C=N–C) groups is 1. The third-order valence-corrected chi connectivity index (χ3v) is 3.21. The van der Waals surface area contributed by atoms with Crippen molar-refractivity contribution in [2.24, 2.45) is 10.9 Å². The summed E-state index contributed by atoms with van der Waals surface area (Å²) in [4.78, 5) is 3.83. The number of hydrogen-bond acceptors (Lipinski definition) is 7. The van der Waals surface area contributed by atoms with Gasteiger partial charge in [-0.2, -0.15) is 4.99 Å². The predicted octanol–water partition coefficient (Wildman–Crippen LogP) is 1.12. The number of hydrogen-bond donors (Lipinski definition) is 3. The van der Waals surface area contributed by atoms with E-state index in [1.807, 2.05) is 0 Å². The number of rotatable bonds is 3. The molecule has 0 aliphatic carbocycles. The van der Waals surface area contributed by atoms with Crippen LogP contribution in [-0.4, -0.2) is 52.7 Å². The summed E-state index contributed by atoms with van der Waals surface area (Å²) in [6.45, 7) is 1.90. The molecular formula is C14H19NO5S. The SMILES string of the molecule is CC1C(O)[C@@H](Oc2ccc(N=C=S)cc2)OC[C@H]1O.CO. The predicted molar refractivity (Wildman–Crippen MR) is 80.8 cm³/mol. The zero-order chi connectivity index (χ0) is 15.8. The van der Waals surface area contributed by atoms with Gasteiger partial charge in [0.1, 0.15) is 11.9 Å². The van der Waals surface area contributed by atoms with Crippen molar-refractivity contribution in [3.8, 4) is 5.75 Å². The Labute approximate surface area is 128 Å². The van der Waals surface area contributed by atoms with Gasteiger partial charge in [0, 0.05) is 13.0 Å². The Morgan fingerprint density at radius 3 is 2.48 bits per heavy atom. The lowest BCUT2D eigenvalue weighted by molar-refractivity contribution is -0.221. The zero-order valence-corrected chi connectivity index (χ0v) is 12.7. The van der Waals surface area contributed by atoms with Gasteiger partial charge in [0.2, 0.25) is 6.29 Å². The lowest BCUT2D eigenvalue weighted by Crippen LogP contribution is -2.50. The number of nitrogens with zero attached hydrogens (tertiary/aromatic N) is 1. The highest BCUT2D eigenvalue weighted by Gasteiger charge is 2.37. The topological polar surface area (TPSA) is 91.5 Å². The van der Waals surface area contributed by atoms with E-state index in [1.165, 1.54) is 0 Å². The Balaban J connectivity index is 0.00000106. The largest absolute Gasteiger partial charge is 0.462 e. The summed E-state index contributed by atoms with van der Waals surface area (Å²) < 4.78 is 10.8. The molecular weight excluding hydrogens is 294 g/mol. The number of ether oxygens (including phenoxy) is 2. The minimum absolute atomic E-state index is 0.149. The standard InChI is InChI=1S/C13H15NO4S.CH4O/c1-8-11(15)6-17-13(12(8)16)18-10-4-2-9(3-5-10)14-7-19;1-2/h2-5,8,11-13,15-16H,6H2,1H3;2H,1H3/t8?,11-,12?,13-;/m1./s1. The summed E-state index contributed by atoms with van der Waals surface area (Å²) in [5.41, 5.74) is 0.677. The molecule has 1 fully saturated rings. The molecule has 21 heavy (non-hydrogen) atoms. The van der Waals surface area contributed by atoms with Crippen LogP contribution in [0.15, 0.2) is 29.3 Å². The second-order valence-corrected chi connectivity index (χ2v) is 4.62. The Bertz CT molecular complexity index is 475. The molecule has 6 nitrogen and oxygen atoms in total. The fraction of sp³-hybridized carbons (Fsp3) is 0.500. The van der Waals surface area contributed by atoms with Crippen molar-refractivity contribution in [1.82, 2.24) is 0 Å². The first-order chi connectivity index (χ1) is 10.1. The van der Waals surface area contributed by atoms with E-state index in [0.29, 0.717) is 11.4 Å². The van der Waals surface area contributed by atoms with Crippen molar-refractivity contribution in [2.45, 2.75) is 25.4 Å². The van der Waals surface area contributed by atoms with Crippen molar-refractivity contribution >= 4 is 23.1 Å². The molecule has 1 aliphatic heterocycles. The van der Waals surface area contributed by atoms with Crippen LogP contribution in [0, 0.1) is 5.92 Å². The molecule has 0 spiro atoms. The van der Waals surface area contributed by atoms with Crippen molar-refractivity contribution in [3.63, 3.8) is 0 Å². The van der Waals surface area contributed by atoms with Gasteiger partial charge in [-0.15, -0.1) is 0 Å². The normalized spacial score (nSPS) is 27.9. The molecule has 0 amide bonds. The van der Waals surface area contributed by atoms with Gasteiger partial charge >= 0.3 is 0 Å². The molecule has 0 aromatic heterocycles. The number of thiocarbonyl (C=S) groups is 1. The smallest absolute Gasteiger partial charge is 0.226 e. The van der Waals surface area contributed by atoms with Gasteiger partial charge in [-0.05, 0) is 36.5 Å². The Morgan fingerprint density at radius 1 is 1.29 bits per heavy atom. The molecule has 1 aliphatic rings. The first-order valence-corrected chi connectivity index (χ1v) is 6.79. The average Bonchev–Trinajstić information content (AvgIpc) is 2.52. The molecule has 2 rings (SSSR count). The molecule has 2 unspecified atom stereocenters. The minimum Gasteiger partial charge on any atom is -0.462 e. The lowest BCUT2D eigenvalue weighted by atomic mass is 9.96. The van der Waals surface area contributed by atoms with Crippen molar-refractivity contribution in [2.75, 3.05) is 13.7 Å². The maximum absolute atomic E-state index is 9.96. The molecule has 7 heteroatoms. The van der Waals surface area contributed by atoms with Gasteiger partial charge in [0.05, 0.1) is 23.6 Å². The Hall–Kier alpha value is -1.34. The van der Waals surface area contributed by atoms with Gasteiger partial charge < -0.3 is 24.8 Å². The molecule has 0 radical (unpaired) electrons. The monoisotopic (exact) mass is 313 g/mol. The molecule has 4 atom stereocenters. The van der Waals surface area contributed by atoms with Crippen LogP contribution in [0.25, 0.3) is 0 Å². The number of isothiocyanates is 1. The van der Waals surface area contributed by atoms with E-state index in [4.69, 9.17) is 14.6 Å². The van der Waals surface area contributed by atoms with E-state index in [2.05, 4.69) is 22.4 Å². The molecule has 1 aromatic rings. The first kappa shape index (κ1) is 17.7. The highest BCUT2D eigenvalue weighted by molar-refractivity contribution is 7.78. The van der Waals surface area contributed by atoms with Crippen LogP contribution in [0.3, 0.4) is 0 Å².